The summed E-state index contributed by atoms with van der Waals surface area (Å²) in [5.41, 5.74) is 1.22. The Balaban J connectivity index is 2.63. The number of carboxylic acids is 1. The molecule has 1 aromatic carbocycles. The zero-order valence-electron chi connectivity index (χ0n) is 11.6. The number of hydrogen-bond acceptors (Lipinski definition) is 4. The Labute approximate surface area is 117 Å². The van der Waals surface area contributed by atoms with Gasteiger partial charge in [0, 0.05) is 19.0 Å². The van der Waals surface area contributed by atoms with Crippen molar-refractivity contribution in [3.05, 3.63) is 29.3 Å². The van der Waals surface area contributed by atoms with Crippen molar-refractivity contribution in [2.75, 3.05) is 13.1 Å². The van der Waals surface area contributed by atoms with Crippen molar-refractivity contribution < 1.29 is 19.8 Å². The van der Waals surface area contributed by atoms with Crippen molar-refractivity contribution in [3.63, 3.8) is 0 Å². The summed E-state index contributed by atoms with van der Waals surface area (Å²) in [7, 11) is 0. The Morgan fingerprint density at radius 3 is 2.60 bits per heavy atom. The molecule has 6 heteroatoms. The van der Waals surface area contributed by atoms with E-state index in [9.17, 15) is 19.8 Å². The van der Waals surface area contributed by atoms with E-state index in [1.54, 1.807) is 12.1 Å². The number of carboxylic acid groups (broad SMARTS) is 1. The highest BCUT2D eigenvalue weighted by Crippen LogP contribution is 2.25. The number of aromatic hydroxyl groups is 1. The van der Waals surface area contributed by atoms with Gasteiger partial charge in [-0.3, -0.25) is 9.59 Å². The molecule has 0 bridgehead atoms. The normalized spacial score (nSPS) is 11.9. The number of rotatable bonds is 7. The van der Waals surface area contributed by atoms with Gasteiger partial charge in [0.25, 0.3) is 0 Å². The second-order valence-corrected chi connectivity index (χ2v) is 4.62. The maximum absolute atomic E-state index is 11.3. The van der Waals surface area contributed by atoms with Crippen molar-refractivity contribution in [2.24, 2.45) is 0 Å². The molecule has 1 unspecified atom stereocenters. The van der Waals surface area contributed by atoms with Gasteiger partial charge in [-0.2, -0.15) is 0 Å². The fraction of sp³-hybridized carbons (Fsp3) is 0.429. The predicted octanol–water partition coefficient (Wildman–Crippen LogP) is 0.942. The van der Waals surface area contributed by atoms with E-state index < -0.39 is 12.0 Å². The zero-order valence-corrected chi connectivity index (χ0v) is 11.6. The average Bonchev–Trinajstić information content (AvgIpc) is 2.36. The van der Waals surface area contributed by atoms with E-state index in [1.165, 1.54) is 13.0 Å². The summed E-state index contributed by atoms with van der Waals surface area (Å²) in [6.07, 6.45) is 0.607. The lowest BCUT2D eigenvalue weighted by Gasteiger charge is -2.16. The molecule has 0 heterocycles. The van der Waals surface area contributed by atoms with Crippen LogP contribution in [0.25, 0.3) is 0 Å². The number of phenols is 1. The minimum Gasteiger partial charge on any atom is -0.508 e. The van der Waals surface area contributed by atoms with Gasteiger partial charge in [-0.1, -0.05) is 17.7 Å². The van der Waals surface area contributed by atoms with Crippen LogP contribution in [0.3, 0.4) is 0 Å². The second kappa shape index (κ2) is 7.49. The first-order valence-corrected chi connectivity index (χ1v) is 6.42. The van der Waals surface area contributed by atoms with Crippen LogP contribution in [0.2, 0.25) is 0 Å². The quantitative estimate of drug-likeness (QED) is 0.557. The number of hydrogen-bond donors (Lipinski definition) is 4. The van der Waals surface area contributed by atoms with Crippen LogP contribution in [0, 0.1) is 6.92 Å². The van der Waals surface area contributed by atoms with Crippen LogP contribution < -0.4 is 10.6 Å². The molecule has 1 rings (SSSR count). The van der Waals surface area contributed by atoms with Crippen LogP contribution in [-0.2, 0) is 9.59 Å². The molecule has 20 heavy (non-hydrogen) atoms. The zero-order chi connectivity index (χ0) is 15.1. The van der Waals surface area contributed by atoms with E-state index >= 15 is 0 Å². The molecule has 0 aliphatic carbocycles. The summed E-state index contributed by atoms with van der Waals surface area (Å²) in [5, 5.41) is 24.5. The Bertz CT molecular complexity index is 488. The number of carbonyl (C=O) groups excluding carboxylic acids is 1. The van der Waals surface area contributed by atoms with E-state index in [0.29, 0.717) is 25.1 Å². The second-order valence-electron chi connectivity index (χ2n) is 4.62. The lowest BCUT2D eigenvalue weighted by atomic mass is 10.0. The van der Waals surface area contributed by atoms with E-state index in [2.05, 4.69) is 10.6 Å². The standard InChI is InChI=1S/C14H20N2O4/c1-9-4-5-12(18)11(8-9)13(14(19)20)16-7-3-6-15-10(2)17/h4-5,8,13,16,18H,3,6-7H2,1-2H3,(H,15,17)(H,19,20). The number of aryl methyl sites for hydroxylation is 1. The van der Waals surface area contributed by atoms with Crippen LogP contribution in [0.5, 0.6) is 5.75 Å². The summed E-state index contributed by atoms with van der Waals surface area (Å²) >= 11 is 0. The maximum Gasteiger partial charge on any atom is 0.325 e. The van der Waals surface area contributed by atoms with Crippen molar-refractivity contribution in [1.82, 2.24) is 10.6 Å². The van der Waals surface area contributed by atoms with Gasteiger partial charge in [0.15, 0.2) is 0 Å². The van der Waals surface area contributed by atoms with Crippen LogP contribution in [0.4, 0.5) is 0 Å². The minimum atomic E-state index is -1.05. The topological polar surface area (TPSA) is 98.7 Å². The number of carbonyl (C=O) groups is 2. The van der Waals surface area contributed by atoms with Gasteiger partial charge < -0.3 is 20.8 Å². The molecule has 0 spiro atoms. The maximum atomic E-state index is 11.3. The molecule has 1 amide bonds. The Kier molecular flexibility index (Phi) is 5.99. The van der Waals surface area contributed by atoms with E-state index in [-0.39, 0.29) is 11.7 Å². The molecule has 0 aliphatic rings. The van der Waals surface area contributed by atoms with Crippen LogP contribution >= 0.6 is 0 Å². The molecule has 0 fully saturated rings. The van der Waals surface area contributed by atoms with Gasteiger partial charge in [-0.05, 0) is 26.0 Å². The molecule has 0 aliphatic heterocycles. The van der Waals surface area contributed by atoms with E-state index in [1.807, 2.05) is 6.92 Å². The number of nitrogens with one attached hydrogen (secondary N) is 2. The van der Waals surface area contributed by atoms with Crippen molar-refractivity contribution in [3.8, 4) is 5.75 Å². The number of phenolic OH excluding ortho intramolecular Hbond substituents is 1. The third kappa shape index (κ3) is 4.89. The van der Waals surface area contributed by atoms with E-state index in [4.69, 9.17) is 0 Å². The largest absolute Gasteiger partial charge is 0.508 e. The molecule has 1 atom stereocenters. The summed E-state index contributed by atoms with van der Waals surface area (Å²) in [6, 6.07) is 3.88. The first-order valence-electron chi connectivity index (χ1n) is 6.42. The van der Waals surface area contributed by atoms with Gasteiger partial charge in [-0.25, -0.2) is 0 Å². The molecular formula is C14H20N2O4. The molecule has 0 radical (unpaired) electrons. The highest BCUT2D eigenvalue weighted by atomic mass is 16.4. The molecule has 110 valence electrons. The summed E-state index contributed by atoms with van der Waals surface area (Å²) in [6.45, 7) is 4.16. The summed E-state index contributed by atoms with van der Waals surface area (Å²) < 4.78 is 0. The molecular weight excluding hydrogens is 260 g/mol. The Hall–Kier alpha value is -2.08. The number of aliphatic carboxylic acids is 1. The lowest BCUT2D eigenvalue weighted by Crippen LogP contribution is -2.31. The van der Waals surface area contributed by atoms with Gasteiger partial charge >= 0.3 is 5.97 Å². The third-order valence-electron chi connectivity index (χ3n) is 2.82. The number of amides is 1. The van der Waals surface area contributed by atoms with Crippen molar-refractivity contribution >= 4 is 11.9 Å². The Morgan fingerprint density at radius 2 is 2.00 bits per heavy atom. The third-order valence-corrected chi connectivity index (χ3v) is 2.82. The van der Waals surface area contributed by atoms with Gasteiger partial charge in [0.05, 0.1) is 0 Å². The fourth-order valence-corrected chi connectivity index (χ4v) is 1.83. The summed E-state index contributed by atoms with van der Waals surface area (Å²) in [4.78, 5) is 22.0. The molecule has 6 nitrogen and oxygen atoms in total. The molecule has 1 aromatic rings. The average molecular weight is 280 g/mol. The van der Waals surface area contributed by atoms with Gasteiger partial charge in [-0.15, -0.1) is 0 Å². The number of benzene rings is 1. The summed E-state index contributed by atoms with van der Waals surface area (Å²) in [5.74, 6) is -1.21. The molecule has 0 saturated heterocycles. The van der Waals surface area contributed by atoms with Crippen molar-refractivity contribution in [1.29, 1.82) is 0 Å². The van der Waals surface area contributed by atoms with Crippen LogP contribution in [-0.4, -0.2) is 35.2 Å². The van der Waals surface area contributed by atoms with E-state index in [0.717, 1.165) is 5.56 Å². The molecule has 0 aromatic heterocycles. The monoisotopic (exact) mass is 280 g/mol. The predicted molar refractivity (Wildman–Crippen MR) is 74.5 cm³/mol. The van der Waals surface area contributed by atoms with Gasteiger partial charge in [0.1, 0.15) is 11.8 Å². The van der Waals surface area contributed by atoms with Crippen molar-refractivity contribution in [2.45, 2.75) is 26.3 Å². The minimum absolute atomic E-state index is 0.0441. The molecule has 0 saturated carbocycles. The van der Waals surface area contributed by atoms with Crippen LogP contribution in [0.1, 0.15) is 30.5 Å². The van der Waals surface area contributed by atoms with Gasteiger partial charge in [0.2, 0.25) is 5.91 Å². The SMILES string of the molecule is CC(=O)NCCCNC(C(=O)O)c1cc(C)ccc1O. The van der Waals surface area contributed by atoms with Crippen LogP contribution in [0.15, 0.2) is 18.2 Å². The Morgan fingerprint density at radius 1 is 1.30 bits per heavy atom. The highest BCUT2D eigenvalue weighted by Gasteiger charge is 2.22. The fourth-order valence-electron chi connectivity index (χ4n) is 1.83. The molecule has 4 N–H and O–H groups in total. The highest BCUT2D eigenvalue weighted by molar-refractivity contribution is 5.76. The first-order chi connectivity index (χ1) is 9.41. The smallest absolute Gasteiger partial charge is 0.325 e. The lowest BCUT2D eigenvalue weighted by molar-refractivity contribution is -0.139. The first kappa shape index (κ1) is 16.0.